The molecule has 102 valence electrons. The first-order valence-electron chi connectivity index (χ1n) is 6.19. The molecule has 0 radical (unpaired) electrons. The van der Waals surface area contributed by atoms with E-state index in [9.17, 15) is 4.79 Å². The molecule has 19 heavy (non-hydrogen) atoms. The molecule has 0 fully saturated rings. The molecule has 0 atom stereocenters. The van der Waals surface area contributed by atoms with Crippen molar-refractivity contribution in [1.82, 2.24) is 9.78 Å². The summed E-state index contributed by atoms with van der Waals surface area (Å²) >= 11 is 0. The fourth-order valence-corrected chi connectivity index (χ4v) is 2.09. The summed E-state index contributed by atoms with van der Waals surface area (Å²) in [4.78, 5) is 12.6. The lowest BCUT2D eigenvalue weighted by Crippen LogP contribution is -2.14. The lowest BCUT2D eigenvalue weighted by atomic mass is 10.1. The Morgan fingerprint density at radius 2 is 2.11 bits per heavy atom. The van der Waals surface area contributed by atoms with Gasteiger partial charge in [0.15, 0.2) is 11.4 Å². The predicted octanol–water partition coefficient (Wildman–Crippen LogP) is 2.91. The molecule has 0 saturated carbocycles. The van der Waals surface area contributed by atoms with Crippen LogP contribution in [0.15, 0.2) is 16.7 Å². The van der Waals surface area contributed by atoms with Crippen molar-refractivity contribution in [2.75, 3.05) is 7.11 Å². The normalized spacial score (nSPS) is 11.1. The highest BCUT2D eigenvalue weighted by molar-refractivity contribution is 6.10. The molecule has 0 aromatic carbocycles. The van der Waals surface area contributed by atoms with Crippen LogP contribution in [0.1, 0.15) is 47.5 Å². The van der Waals surface area contributed by atoms with Crippen molar-refractivity contribution in [1.29, 1.82) is 0 Å². The highest BCUT2D eigenvalue weighted by atomic mass is 16.5. The quantitative estimate of drug-likeness (QED) is 0.795. The Balaban J connectivity index is 2.54. The Kier molecular flexibility index (Phi) is 3.46. The van der Waals surface area contributed by atoms with E-state index in [1.807, 2.05) is 20.8 Å². The minimum Gasteiger partial charge on any atom is -0.493 e. The topological polar surface area (TPSA) is 57.3 Å². The number of nitrogens with zero attached hydrogens (tertiary/aromatic N) is 2. The summed E-state index contributed by atoms with van der Waals surface area (Å²) in [7, 11) is 1.53. The molecule has 0 N–H and O–H groups in total. The number of carbonyl (C=O) groups is 1. The van der Waals surface area contributed by atoms with Crippen LogP contribution in [0.4, 0.5) is 0 Å². The van der Waals surface area contributed by atoms with Gasteiger partial charge in [0.2, 0.25) is 5.78 Å². The van der Waals surface area contributed by atoms with Crippen LogP contribution in [0.25, 0.3) is 0 Å². The fraction of sp³-hybridized carbons (Fsp3) is 0.429. The lowest BCUT2D eigenvalue weighted by molar-refractivity contribution is 0.102. The molecule has 0 spiro atoms. The molecule has 0 aliphatic rings. The molecule has 2 aromatic heterocycles. The number of aryl methyl sites for hydroxylation is 2. The number of rotatable bonds is 4. The number of aromatic nitrogens is 2. The van der Waals surface area contributed by atoms with Gasteiger partial charge in [-0.2, -0.15) is 5.10 Å². The van der Waals surface area contributed by atoms with E-state index in [-0.39, 0.29) is 11.8 Å². The predicted molar refractivity (Wildman–Crippen MR) is 70.8 cm³/mol. The van der Waals surface area contributed by atoms with Crippen LogP contribution in [0, 0.1) is 13.8 Å². The van der Waals surface area contributed by atoms with E-state index in [1.54, 1.807) is 23.9 Å². The third kappa shape index (κ3) is 2.28. The van der Waals surface area contributed by atoms with Crippen molar-refractivity contribution in [3.05, 3.63) is 35.0 Å². The van der Waals surface area contributed by atoms with E-state index in [1.165, 1.54) is 7.11 Å². The van der Waals surface area contributed by atoms with Crippen LogP contribution < -0.4 is 4.74 Å². The highest BCUT2D eigenvalue weighted by Crippen LogP contribution is 2.26. The second-order valence-corrected chi connectivity index (χ2v) is 4.76. The first-order valence-corrected chi connectivity index (χ1v) is 6.19. The van der Waals surface area contributed by atoms with Gasteiger partial charge in [-0.3, -0.25) is 9.48 Å². The molecule has 2 heterocycles. The van der Waals surface area contributed by atoms with E-state index < -0.39 is 0 Å². The molecule has 0 bridgehead atoms. The Bertz CT molecular complexity index is 608. The maximum Gasteiger partial charge on any atom is 0.218 e. The average molecular weight is 262 g/mol. The van der Waals surface area contributed by atoms with Crippen LogP contribution >= 0.6 is 0 Å². The Morgan fingerprint density at radius 1 is 1.42 bits per heavy atom. The summed E-state index contributed by atoms with van der Waals surface area (Å²) in [6.45, 7) is 7.54. The third-order valence-electron chi connectivity index (χ3n) is 2.97. The van der Waals surface area contributed by atoms with Gasteiger partial charge in [-0.15, -0.1) is 0 Å². The van der Waals surface area contributed by atoms with Crippen molar-refractivity contribution in [3.8, 4) is 5.75 Å². The minimum atomic E-state index is -0.127. The largest absolute Gasteiger partial charge is 0.493 e. The molecule has 2 rings (SSSR count). The maximum atomic E-state index is 12.6. The van der Waals surface area contributed by atoms with Gasteiger partial charge in [0.05, 0.1) is 18.9 Å². The van der Waals surface area contributed by atoms with Gasteiger partial charge in [0.25, 0.3) is 0 Å². The van der Waals surface area contributed by atoms with Gasteiger partial charge in [0, 0.05) is 6.04 Å². The van der Waals surface area contributed by atoms with Crippen LogP contribution in [0.5, 0.6) is 5.75 Å². The molecule has 0 saturated heterocycles. The third-order valence-corrected chi connectivity index (χ3v) is 2.97. The summed E-state index contributed by atoms with van der Waals surface area (Å²) in [5.74, 6) is 1.69. The summed E-state index contributed by atoms with van der Waals surface area (Å²) in [5.41, 5.74) is 1.01. The highest BCUT2D eigenvalue weighted by Gasteiger charge is 2.25. The maximum absolute atomic E-state index is 12.6. The van der Waals surface area contributed by atoms with Gasteiger partial charge in [-0.05, 0) is 33.8 Å². The van der Waals surface area contributed by atoms with E-state index in [4.69, 9.17) is 9.15 Å². The Hall–Kier alpha value is -2.04. The molecule has 0 unspecified atom stereocenters. The molecule has 0 aliphatic carbocycles. The van der Waals surface area contributed by atoms with Crippen molar-refractivity contribution < 1.29 is 13.9 Å². The van der Waals surface area contributed by atoms with Gasteiger partial charge in [-0.1, -0.05) is 0 Å². The van der Waals surface area contributed by atoms with Gasteiger partial charge in [-0.25, -0.2) is 0 Å². The SMILES string of the molecule is COc1cnn(C(C)C)c1C(=O)c1cc(C)oc1C. The van der Waals surface area contributed by atoms with Gasteiger partial charge >= 0.3 is 0 Å². The molecule has 0 aliphatic heterocycles. The molecule has 2 aromatic rings. The van der Waals surface area contributed by atoms with Crippen molar-refractivity contribution >= 4 is 5.78 Å². The molecule has 0 amide bonds. The van der Waals surface area contributed by atoms with E-state index >= 15 is 0 Å². The van der Waals surface area contributed by atoms with E-state index in [0.717, 1.165) is 5.76 Å². The number of carbonyl (C=O) groups excluding carboxylic acids is 1. The first-order chi connectivity index (χ1) is 8.95. The summed E-state index contributed by atoms with van der Waals surface area (Å²) < 4.78 is 12.3. The average Bonchev–Trinajstić information content (AvgIpc) is 2.91. The smallest absolute Gasteiger partial charge is 0.218 e. The van der Waals surface area contributed by atoms with Crippen LogP contribution in [0.3, 0.4) is 0 Å². The zero-order valence-electron chi connectivity index (χ0n) is 11.9. The van der Waals surface area contributed by atoms with Gasteiger partial charge in [0.1, 0.15) is 11.5 Å². The molecular weight excluding hydrogens is 244 g/mol. The second-order valence-electron chi connectivity index (χ2n) is 4.76. The molecular formula is C14H18N2O3. The second kappa shape index (κ2) is 4.91. The monoisotopic (exact) mass is 262 g/mol. The van der Waals surface area contributed by atoms with Gasteiger partial charge < -0.3 is 9.15 Å². The van der Waals surface area contributed by atoms with Crippen molar-refractivity contribution in [2.45, 2.75) is 33.7 Å². The summed E-state index contributed by atoms with van der Waals surface area (Å²) in [6, 6.07) is 1.82. The number of hydrogen-bond donors (Lipinski definition) is 0. The van der Waals surface area contributed by atoms with Crippen molar-refractivity contribution in [3.63, 3.8) is 0 Å². The Labute approximate surface area is 112 Å². The number of hydrogen-bond acceptors (Lipinski definition) is 4. The zero-order chi connectivity index (χ0) is 14.2. The molecule has 5 heteroatoms. The minimum absolute atomic E-state index is 0.0798. The van der Waals surface area contributed by atoms with Crippen LogP contribution in [0.2, 0.25) is 0 Å². The zero-order valence-corrected chi connectivity index (χ0v) is 11.9. The number of furan rings is 1. The fourth-order valence-electron chi connectivity index (χ4n) is 2.09. The van der Waals surface area contributed by atoms with Crippen molar-refractivity contribution in [2.24, 2.45) is 0 Å². The number of ether oxygens (including phenoxy) is 1. The molecule has 5 nitrogen and oxygen atoms in total. The standard InChI is InChI=1S/C14H18N2O3/c1-8(2)16-13(12(18-5)7-15-16)14(17)11-6-9(3)19-10(11)4/h6-8H,1-5H3. The summed E-state index contributed by atoms with van der Waals surface area (Å²) in [5, 5.41) is 4.21. The first kappa shape index (κ1) is 13.4. The van der Waals surface area contributed by atoms with Crippen LogP contribution in [-0.2, 0) is 0 Å². The summed E-state index contributed by atoms with van der Waals surface area (Å²) in [6.07, 6.45) is 1.56. The number of methoxy groups -OCH3 is 1. The van der Waals surface area contributed by atoms with Crippen LogP contribution in [-0.4, -0.2) is 22.7 Å². The van der Waals surface area contributed by atoms with E-state index in [2.05, 4.69) is 5.10 Å². The lowest BCUT2D eigenvalue weighted by Gasteiger charge is -2.10. The van der Waals surface area contributed by atoms with E-state index in [0.29, 0.717) is 22.8 Å². The number of ketones is 1. The Morgan fingerprint density at radius 3 is 2.58 bits per heavy atom.